The summed E-state index contributed by atoms with van der Waals surface area (Å²) in [7, 11) is 0. The van der Waals surface area contributed by atoms with Gasteiger partial charge in [0.2, 0.25) is 5.95 Å². The molecule has 0 amide bonds. The molecule has 1 aliphatic heterocycles. The summed E-state index contributed by atoms with van der Waals surface area (Å²) in [5.41, 5.74) is 0.795. The predicted molar refractivity (Wildman–Crippen MR) is 83.8 cm³/mol. The van der Waals surface area contributed by atoms with E-state index in [2.05, 4.69) is 27.1 Å². The van der Waals surface area contributed by atoms with Crippen molar-refractivity contribution in [3.63, 3.8) is 0 Å². The number of hydrogen-bond donors (Lipinski definition) is 2. The number of aromatic amines is 1. The second kappa shape index (κ2) is 8.79. The lowest BCUT2D eigenvalue weighted by Gasteiger charge is -2.26. The van der Waals surface area contributed by atoms with Crippen LogP contribution in [0.15, 0.2) is 10.9 Å². The van der Waals surface area contributed by atoms with E-state index >= 15 is 0 Å². The van der Waals surface area contributed by atoms with Crippen molar-refractivity contribution in [2.45, 2.75) is 32.6 Å². The third-order valence-electron chi connectivity index (χ3n) is 3.63. The highest BCUT2D eigenvalue weighted by molar-refractivity contribution is 5.24. The van der Waals surface area contributed by atoms with Crippen LogP contribution in [0, 0.1) is 0 Å². The Bertz CT molecular complexity index is 469. The number of nitrogens with one attached hydrogen (secondary N) is 2. The van der Waals surface area contributed by atoms with E-state index in [1.807, 2.05) is 0 Å². The van der Waals surface area contributed by atoms with Gasteiger partial charge in [-0.15, -0.1) is 0 Å². The topological polar surface area (TPSA) is 70.2 Å². The number of H-pyrrole nitrogens is 1. The van der Waals surface area contributed by atoms with Crippen LogP contribution in [0.3, 0.4) is 0 Å². The fourth-order valence-corrected chi connectivity index (χ4v) is 2.41. The number of aryl methyl sites for hydroxylation is 1. The molecule has 1 aliphatic rings. The number of anilines is 1. The van der Waals surface area contributed by atoms with Crippen LogP contribution in [0.1, 0.15) is 31.9 Å². The lowest BCUT2D eigenvalue weighted by Crippen LogP contribution is -2.37. The summed E-state index contributed by atoms with van der Waals surface area (Å²) < 4.78 is 5.33. The lowest BCUT2D eigenvalue weighted by molar-refractivity contribution is 0.0378. The summed E-state index contributed by atoms with van der Waals surface area (Å²) in [6.45, 7) is 7.71. The monoisotopic (exact) mass is 294 g/mol. The molecule has 1 saturated heterocycles. The highest BCUT2D eigenvalue weighted by Gasteiger charge is 2.09. The van der Waals surface area contributed by atoms with Crippen LogP contribution in [0.25, 0.3) is 0 Å². The minimum atomic E-state index is -0.0771. The molecule has 118 valence electrons. The van der Waals surface area contributed by atoms with Gasteiger partial charge in [-0.2, -0.15) is 0 Å². The summed E-state index contributed by atoms with van der Waals surface area (Å²) >= 11 is 0. The van der Waals surface area contributed by atoms with Gasteiger partial charge in [0.15, 0.2) is 0 Å². The van der Waals surface area contributed by atoms with Crippen LogP contribution < -0.4 is 10.9 Å². The van der Waals surface area contributed by atoms with Crippen LogP contribution in [0.2, 0.25) is 0 Å². The van der Waals surface area contributed by atoms with Gasteiger partial charge in [0.05, 0.1) is 13.2 Å². The second-order valence-corrected chi connectivity index (χ2v) is 5.42. The molecule has 2 heterocycles. The van der Waals surface area contributed by atoms with Gasteiger partial charge < -0.3 is 10.1 Å². The van der Waals surface area contributed by atoms with Crippen molar-refractivity contribution in [1.82, 2.24) is 14.9 Å². The molecule has 1 aromatic heterocycles. The molecule has 0 aliphatic carbocycles. The van der Waals surface area contributed by atoms with Gasteiger partial charge in [-0.3, -0.25) is 14.7 Å². The van der Waals surface area contributed by atoms with Gasteiger partial charge >= 0.3 is 0 Å². The van der Waals surface area contributed by atoms with Gasteiger partial charge in [0, 0.05) is 31.4 Å². The molecule has 2 rings (SSSR count). The lowest BCUT2D eigenvalue weighted by atomic mass is 10.2. The first-order valence-electron chi connectivity index (χ1n) is 7.92. The van der Waals surface area contributed by atoms with Crippen LogP contribution >= 0.6 is 0 Å². The van der Waals surface area contributed by atoms with E-state index in [1.165, 1.54) is 0 Å². The minimum Gasteiger partial charge on any atom is -0.379 e. The summed E-state index contributed by atoms with van der Waals surface area (Å²) in [5.74, 6) is 0.593. The maximum atomic E-state index is 11.6. The molecule has 1 fully saturated rings. The van der Waals surface area contributed by atoms with Gasteiger partial charge in [-0.25, -0.2) is 4.98 Å². The van der Waals surface area contributed by atoms with Crippen molar-refractivity contribution in [1.29, 1.82) is 0 Å². The third-order valence-corrected chi connectivity index (χ3v) is 3.63. The summed E-state index contributed by atoms with van der Waals surface area (Å²) in [6, 6.07) is 1.59. The van der Waals surface area contributed by atoms with E-state index in [-0.39, 0.29) is 5.56 Å². The summed E-state index contributed by atoms with van der Waals surface area (Å²) in [5, 5.41) is 3.22. The van der Waals surface area contributed by atoms with Gasteiger partial charge in [0.1, 0.15) is 0 Å². The van der Waals surface area contributed by atoms with Crippen LogP contribution in [0.4, 0.5) is 5.95 Å². The molecule has 6 nitrogen and oxygen atoms in total. The molecule has 0 bridgehead atoms. The van der Waals surface area contributed by atoms with Crippen LogP contribution in [-0.2, 0) is 11.2 Å². The van der Waals surface area contributed by atoms with E-state index in [9.17, 15) is 4.79 Å². The van der Waals surface area contributed by atoms with E-state index < -0.39 is 0 Å². The third kappa shape index (κ3) is 5.85. The summed E-state index contributed by atoms with van der Waals surface area (Å²) in [4.78, 5) is 21.2. The fourth-order valence-electron chi connectivity index (χ4n) is 2.41. The number of unbranched alkanes of at least 4 members (excludes halogenated alkanes) is 1. The largest absolute Gasteiger partial charge is 0.379 e. The molecule has 0 saturated carbocycles. The molecular formula is C15H26N4O2. The Kier molecular flexibility index (Phi) is 6.69. The average molecular weight is 294 g/mol. The zero-order valence-corrected chi connectivity index (χ0v) is 12.9. The second-order valence-electron chi connectivity index (χ2n) is 5.42. The molecule has 0 unspecified atom stereocenters. The average Bonchev–Trinajstić information content (AvgIpc) is 2.50. The molecule has 6 heteroatoms. The first-order chi connectivity index (χ1) is 10.3. The quantitative estimate of drug-likeness (QED) is 0.706. The smallest absolute Gasteiger partial charge is 0.252 e. The SMILES string of the molecule is CCCCc1cc(=O)[nH]c(NCCCN2CCOCC2)n1. The number of nitrogens with zero attached hydrogens (tertiary/aromatic N) is 2. The minimum absolute atomic E-state index is 0.0771. The van der Waals surface area contributed by atoms with E-state index in [0.29, 0.717) is 5.95 Å². The van der Waals surface area contributed by atoms with E-state index in [1.54, 1.807) is 6.07 Å². The van der Waals surface area contributed by atoms with Gasteiger partial charge in [-0.05, 0) is 25.8 Å². The Hall–Kier alpha value is -1.40. The maximum absolute atomic E-state index is 11.6. The van der Waals surface area contributed by atoms with Crippen molar-refractivity contribution in [2.75, 3.05) is 44.7 Å². The Labute approximate surface area is 125 Å². The molecular weight excluding hydrogens is 268 g/mol. The molecule has 2 N–H and O–H groups in total. The van der Waals surface area contributed by atoms with E-state index in [4.69, 9.17) is 4.74 Å². The highest BCUT2D eigenvalue weighted by Crippen LogP contribution is 2.03. The maximum Gasteiger partial charge on any atom is 0.252 e. The first kappa shape index (κ1) is 16.0. The summed E-state index contributed by atoms with van der Waals surface area (Å²) in [6.07, 6.45) is 4.06. The van der Waals surface area contributed by atoms with Crippen molar-refractivity contribution in [3.05, 3.63) is 22.1 Å². The zero-order valence-electron chi connectivity index (χ0n) is 12.9. The molecule has 0 atom stereocenters. The van der Waals surface area contributed by atoms with Crippen LogP contribution in [0.5, 0.6) is 0 Å². The van der Waals surface area contributed by atoms with Gasteiger partial charge in [-0.1, -0.05) is 13.3 Å². The van der Waals surface area contributed by atoms with Crippen LogP contribution in [-0.4, -0.2) is 54.3 Å². The van der Waals surface area contributed by atoms with Crippen molar-refractivity contribution < 1.29 is 4.74 Å². The number of morpholine rings is 1. The van der Waals surface area contributed by atoms with E-state index in [0.717, 1.165) is 70.8 Å². The Balaban J connectivity index is 1.74. The number of ether oxygens (including phenoxy) is 1. The highest BCUT2D eigenvalue weighted by atomic mass is 16.5. The van der Waals surface area contributed by atoms with Crippen molar-refractivity contribution in [2.24, 2.45) is 0 Å². The zero-order chi connectivity index (χ0) is 14.9. The molecule has 21 heavy (non-hydrogen) atoms. The Morgan fingerprint density at radius 2 is 2.19 bits per heavy atom. The Morgan fingerprint density at radius 3 is 2.95 bits per heavy atom. The standard InChI is InChI=1S/C15H26N4O2/c1-2-3-5-13-12-14(20)18-15(17-13)16-6-4-7-19-8-10-21-11-9-19/h12H,2-11H2,1H3,(H2,16,17,18,20). The normalized spacial score (nSPS) is 16.0. The molecule has 1 aromatic rings. The van der Waals surface area contributed by atoms with Gasteiger partial charge in [0.25, 0.3) is 5.56 Å². The predicted octanol–water partition coefficient (Wildman–Crippen LogP) is 1.25. The number of aromatic nitrogens is 2. The van der Waals surface area contributed by atoms with Crippen molar-refractivity contribution >= 4 is 5.95 Å². The Morgan fingerprint density at radius 1 is 1.38 bits per heavy atom. The first-order valence-corrected chi connectivity index (χ1v) is 7.92. The molecule has 0 spiro atoms. The molecule has 0 radical (unpaired) electrons. The van der Waals surface area contributed by atoms with Crippen molar-refractivity contribution in [3.8, 4) is 0 Å². The number of hydrogen-bond acceptors (Lipinski definition) is 5. The number of rotatable bonds is 8. The molecule has 0 aromatic carbocycles. The fraction of sp³-hybridized carbons (Fsp3) is 0.733.